The van der Waals surface area contributed by atoms with Crippen LogP contribution in [-0.4, -0.2) is 78.6 Å². The van der Waals surface area contributed by atoms with Crippen molar-refractivity contribution in [2.24, 2.45) is 11.8 Å². The number of nitrogens with one attached hydrogen (secondary N) is 2. The molecule has 2 aliphatic heterocycles. The van der Waals surface area contributed by atoms with Crippen molar-refractivity contribution in [2.75, 3.05) is 64.0 Å². The lowest BCUT2D eigenvalue weighted by molar-refractivity contribution is -0.138. The molecule has 4 N–H and O–H groups in total. The van der Waals surface area contributed by atoms with E-state index in [0.29, 0.717) is 28.6 Å². The maximum atomic E-state index is 13.6. The first-order valence-corrected chi connectivity index (χ1v) is 18.3. The topological polar surface area (TPSA) is 109 Å². The Balaban J connectivity index is 1.09. The fourth-order valence-corrected chi connectivity index (χ4v) is 8.15. The zero-order valence-electron chi connectivity index (χ0n) is 29.6. The molecule has 1 saturated carbocycles. The van der Waals surface area contributed by atoms with E-state index < -0.39 is 17.8 Å². The molecule has 1 aromatic heterocycles. The van der Waals surface area contributed by atoms with Crippen molar-refractivity contribution < 1.29 is 22.7 Å². The predicted molar refractivity (Wildman–Crippen MR) is 191 cm³/mol. The Bertz CT molecular complexity index is 1630. The monoisotopic (exact) mass is 695 g/mol. The van der Waals surface area contributed by atoms with E-state index in [9.17, 15) is 18.0 Å². The summed E-state index contributed by atoms with van der Waals surface area (Å²) in [6.45, 7) is 10.5. The highest BCUT2D eigenvalue weighted by Gasteiger charge is 2.34. The zero-order chi connectivity index (χ0) is 35.4. The number of nitrogens with zero attached hydrogens (tertiary/aromatic N) is 4. The minimum Gasteiger partial charge on any atom is -0.496 e. The SMILES string of the molecule is COc1cc2nc(C)nc(N[C@H](C)c3cc(N)cc(C(F)(F)F)c3)c2cc1C1CCC(C(=O)N2CCN(CCCC3CCNCC3)CC2)CC1. The van der Waals surface area contributed by atoms with Gasteiger partial charge in [0.25, 0.3) is 0 Å². The van der Waals surface area contributed by atoms with Gasteiger partial charge < -0.3 is 26.0 Å². The van der Waals surface area contributed by atoms with Crippen LogP contribution in [0.4, 0.5) is 24.7 Å². The van der Waals surface area contributed by atoms with Gasteiger partial charge in [0.1, 0.15) is 17.4 Å². The lowest BCUT2D eigenvalue weighted by Gasteiger charge is -2.38. The number of halogens is 3. The molecule has 0 spiro atoms. The number of aryl methyl sites for hydroxylation is 1. The largest absolute Gasteiger partial charge is 0.496 e. The van der Waals surface area contributed by atoms with Gasteiger partial charge in [0.2, 0.25) is 5.91 Å². The molecule has 50 heavy (non-hydrogen) atoms. The summed E-state index contributed by atoms with van der Waals surface area (Å²) in [4.78, 5) is 27.5. The number of benzene rings is 2. The van der Waals surface area contributed by atoms with E-state index in [2.05, 4.69) is 36.5 Å². The van der Waals surface area contributed by atoms with Gasteiger partial charge in [-0.1, -0.05) is 0 Å². The number of hydrogen-bond donors (Lipinski definition) is 3. The Kier molecular flexibility index (Phi) is 11.4. The van der Waals surface area contributed by atoms with Crippen LogP contribution in [0.15, 0.2) is 30.3 Å². The average Bonchev–Trinajstić information content (AvgIpc) is 3.11. The summed E-state index contributed by atoms with van der Waals surface area (Å²) in [6.07, 6.45) is 4.03. The molecule has 272 valence electrons. The average molecular weight is 696 g/mol. The molecule has 9 nitrogen and oxygen atoms in total. The van der Waals surface area contributed by atoms with Gasteiger partial charge in [-0.3, -0.25) is 9.69 Å². The van der Waals surface area contributed by atoms with Gasteiger partial charge in [0, 0.05) is 49.2 Å². The van der Waals surface area contributed by atoms with E-state index >= 15 is 0 Å². The predicted octanol–water partition coefficient (Wildman–Crippen LogP) is 6.92. The highest BCUT2D eigenvalue weighted by molar-refractivity contribution is 5.91. The molecule has 0 bridgehead atoms. The second-order valence-electron chi connectivity index (χ2n) is 14.5. The second-order valence-corrected chi connectivity index (χ2v) is 14.5. The van der Waals surface area contributed by atoms with E-state index in [1.165, 1.54) is 25.7 Å². The fourth-order valence-electron chi connectivity index (χ4n) is 8.15. The summed E-state index contributed by atoms with van der Waals surface area (Å²) in [7, 11) is 1.65. The molecule has 3 heterocycles. The Morgan fingerprint density at radius 3 is 2.42 bits per heavy atom. The van der Waals surface area contributed by atoms with Gasteiger partial charge in [-0.2, -0.15) is 13.2 Å². The van der Waals surface area contributed by atoms with Crippen LogP contribution in [0.5, 0.6) is 5.75 Å². The molecular weight excluding hydrogens is 643 g/mol. The molecular formula is C38H52F3N7O2. The first kappa shape index (κ1) is 36.2. The van der Waals surface area contributed by atoms with Crippen LogP contribution < -0.4 is 21.1 Å². The van der Waals surface area contributed by atoms with E-state index in [4.69, 9.17) is 10.5 Å². The lowest BCUT2D eigenvalue weighted by Crippen LogP contribution is -2.50. The van der Waals surface area contributed by atoms with Gasteiger partial charge in [-0.15, -0.1) is 0 Å². The summed E-state index contributed by atoms with van der Waals surface area (Å²) in [5.74, 6) is 3.20. The van der Waals surface area contributed by atoms with Gasteiger partial charge in [0.15, 0.2) is 0 Å². The van der Waals surface area contributed by atoms with Crippen molar-refractivity contribution in [3.05, 3.63) is 52.8 Å². The molecule has 1 aliphatic carbocycles. The number of carbonyl (C=O) groups is 1. The molecule has 2 aromatic carbocycles. The maximum Gasteiger partial charge on any atom is 0.416 e. The number of fused-ring (bicyclic) bond motifs is 1. The van der Waals surface area contributed by atoms with Crippen LogP contribution in [0, 0.1) is 18.8 Å². The van der Waals surface area contributed by atoms with Crippen molar-refractivity contribution in [1.29, 1.82) is 0 Å². The van der Waals surface area contributed by atoms with Gasteiger partial charge >= 0.3 is 6.18 Å². The van der Waals surface area contributed by atoms with Crippen molar-refractivity contribution >= 4 is 28.3 Å². The summed E-state index contributed by atoms with van der Waals surface area (Å²) in [5, 5.41) is 7.55. The summed E-state index contributed by atoms with van der Waals surface area (Å²) in [5.41, 5.74) is 7.25. The summed E-state index contributed by atoms with van der Waals surface area (Å²) < 4.78 is 46.4. The highest BCUT2D eigenvalue weighted by atomic mass is 19.4. The molecule has 3 aliphatic rings. The highest BCUT2D eigenvalue weighted by Crippen LogP contribution is 2.43. The summed E-state index contributed by atoms with van der Waals surface area (Å²) >= 11 is 0. The maximum absolute atomic E-state index is 13.6. The number of piperazine rings is 1. The third-order valence-corrected chi connectivity index (χ3v) is 11.1. The summed E-state index contributed by atoms with van der Waals surface area (Å²) in [6, 6.07) is 7.08. The minimum atomic E-state index is -4.50. The number of anilines is 2. The van der Waals surface area contributed by atoms with E-state index in [0.717, 1.165) is 106 Å². The standard InChI is InChI=1S/C38H52F3N7O2/c1-24(29-19-30(38(39,40)41)21-31(42)20-29)44-36-33-22-32(35(50-3)23-34(33)45-25(2)46-36)27-6-8-28(9-7-27)37(49)48-17-15-47(16-18-48)14-4-5-26-10-12-43-13-11-26/h19-24,26-28,43H,4-18,42H2,1-3H3,(H,44,45,46)/t24-,27?,28?/m1/s1. The number of piperidine rings is 1. The number of amides is 1. The Morgan fingerprint density at radius 1 is 1.02 bits per heavy atom. The number of alkyl halides is 3. The van der Waals surface area contributed by atoms with Gasteiger partial charge in [-0.25, -0.2) is 9.97 Å². The number of carbonyl (C=O) groups excluding carboxylic acids is 1. The lowest BCUT2D eigenvalue weighted by atomic mass is 9.77. The van der Waals surface area contributed by atoms with Crippen LogP contribution >= 0.6 is 0 Å². The number of rotatable bonds is 10. The first-order chi connectivity index (χ1) is 24.0. The van der Waals surface area contributed by atoms with Crippen molar-refractivity contribution in [3.63, 3.8) is 0 Å². The van der Waals surface area contributed by atoms with Crippen molar-refractivity contribution in [3.8, 4) is 5.75 Å². The number of ether oxygens (including phenoxy) is 1. The van der Waals surface area contributed by atoms with Crippen LogP contribution in [0.25, 0.3) is 10.9 Å². The molecule has 12 heteroatoms. The molecule has 0 unspecified atom stereocenters. The van der Waals surface area contributed by atoms with Crippen molar-refractivity contribution in [2.45, 2.75) is 83.4 Å². The molecule has 3 fully saturated rings. The molecule has 6 rings (SSSR count). The number of methoxy groups -OCH3 is 1. The van der Waals surface area contributed by atoms with Gasteiger partial charge in [-0.05, 0) is 132 Å². The molecule has 1 amide bonds. The third-order valence-electron chi connectivity index (χ3n) is 11.1. The number of hydrogen-bond acceptors (Lipinski definition) is 8. The normalized spacial score (nSPS) is 21.7. The van der Waals surface area contributed by atoms with E-state index in [1.807, 2.05) is 6.07 Å². The number of nitrogens with two attached hydrogens (primary N) is 1. The Labute approximate surface area is 293 Å². The van der Waals surface area contributed by atoms with E-state index in [-0.39, 0.29) is 17.5 Å². The van der Waals surface area contributed by atoms with Crippen molar-refractivity contribution in [1.82, 2.24) is 25.1 Å². The Hall–Kier alpha value is -3.64. The fraction of sp³-hybridized carbons (Fsp3) is 0.605. The number of nitrogen functional groups attached to an aromatic ring is 1. The quantitative estimate of drug-likeness (QED) is 0.196. The number of aromatic nitrogens is 2. The molecule has 3 aromatic rings. The molecule has 1 atom stereocenters. The van der Waals surface area contributed by atoms with Crippen LogP contribution in [0.1, 0.15) is 92.8 Å². The van der Waals surface area contributed by atoms with Crippen LogP contribution in [0.3, 0.4) is 0 Å². The minimum absolute atomic E-state index is 0.0353. The third kappa shape index (κ3) is 8.62. The van der Waals surface area contributed by atoms with Crippen LogP contribution in [0.2, 0.25) is 0 Å². The zero-order valence-corrected chi connectivity index (χ0v) is 29.6. The molecule has 0 radical (unpaired) electrons. The van der Waals surface area contributed by atoms with E-state index in [1.54, 1.807) is 27.0 Å². The first-order valence-electron chi connectivity index (χ1n) is 18.3. The Morgan fingerprint density at radius 2 is 1.74 bits per heavy atom. The van der Waals surface area contributed by atoms with Gasteiger partial charge in [0.05, 0.1) is 24.2 Å². The molecule has 2 saturated heterocycles. The second kappa shape index (κ2) is 15.7. The smallest absolute Gasteiger partial charge is 0.416 e. The van der Waals surface area contributed by atoms with Crippen LogP contribution in [-0.2, 0) is 11.0 Å².